The van der Waals surface area contributed by atoms with Crippen LogP contribution in [0, 0.1) is 12.3 Å². The summed E-state index contributed by atoms with van der Waals surface area (Å²) in [6, 6.07) is 6.15. The number of nitrogens with zero attached hydrogens (tertiary/aromatic N) is 2. The fourth-order valence-electron chi connectivity index (χ4n) is 3.92. The fourth-order valence-corrected chi connectivity index (χ4v) is 3.92. The molecular formula is C20H25N3O3. The maximum atomic E-state index is 12.4. The van der Waals surface area contributed by atoms with Crippen LogP contribution in [0.2, 0.25) is 0 Å². The van der Waals surface area contributed by atoms with Crippen LogP contribution < -0.4 is 9.47 Å². The summed E-state index contributed by atoms with van der Waals surface area (Å²) in [4.78, 5) is 22.0. The van der Waals surface area contributed by atoms with Crippen molar-refractivity contribution in [2.45, 2.75) is 39.5 Å². The van der Waals surface area contributed by atoms with Crippen molar-refractivity contribution >= 4 is 5.91 Å². The highest BCUT2D eigenvalue weighted by molar-refractivity contribution is 5.77. The summed E-state index contributed by atoms with van der Waals surface area (Å²) in [5, 5.41) is 0. The van der Waals surface area contributed by atoms with Crippen LogP contribution in [0.15, 0.2) is 24.4 Å². The maximum absolute atomic E-state index is 12.4. The number of carbonyl (C=O) groups excluding carboxylic acids is 1. The molecule has 1 fully saturated rings. The highest BCUT2D eigenvalue weighted by Gasteiger charge is 2.35. The molecule has 1 aromatic carbocycles. The largest absolute Gasteiger partial charge is 0.454 e. The third kappa shape index (κ3) is 3.54. The first-order chi connectivity index (χ1) is 12.5. The highest BCUT2D eigenvalue weighted by Crippen LogP contribution is 2.37. The molecule has 0 aliphatic carbocycles. The van der Waals surface area contributed by atoms with Gasteiger partial charge in [-0.3, -0.25) is 4.79 Å². The minimum atomic E-state index is 0.0701. The zero-order valence-electron chi connectivity index (χ0n) is 15.4. The maximum Gasteiger partial charge on any atom is 0.231 e. The van der Waals surface area contributed by atoms with Crippen molar-refractivity contribution in [3.8, 4) is 11.5 Å². The number of aromatic nitrogens is 2. The molecule has 0 saturated carbocycles. The molecule has 1 atom stereocenters. The van der Waals surface area contributed by atoms with Crippen LogP contribution in [0.25, 0.3) is 0 Å². The lowest BCUT2D eigenvalue weighted by molar-refractivity contribution is -0.137. The Bertz CT molecular complexity index is 816. The SMILES string of the molecule is Cc1cnc(CCN2C[C@](C)(Cc3ccc4c(c3)OCO4)CCC2=O)[nH]1. The first-order valence-electron chi connectivity index (χ1n) is 9.18. The van der Waals surface area contributed by atoms with Crippen molar-refractivity contribution in [2.75, 3.05) is 19.9 Å². The Morgan fingerprint density at radius 3 is 2.96 bits per heavy atom. The Labute approximate surface area is 153 Å². The average molecular weight is 355 g/mol. The third-order valence-electron chi connectivity index (χ3n) is 5.31. The van der Waals surface area contributed by atoms with E-state index in [0.29, 0.717) is 19.8 Å². The number of likely N-dealkylation sites (tertiary alicyclic amines) is 1. The Hall–Kier alpha value is -2.50. The van der Waals surface area contributed by atoms with Gasteiger partial charge in [0.05, 0.1) is 0 Å². The lowest BCUT2D eigenvalue weighted by Gasteiger charge is -2.40. The molecule has 1 amide bonds. The topological polar surface area (TPSA) is 67.5 Å². The normalized spacial score (nSPS) is 22.1. The number of fused-ring (bicyclic) bond motifs is 1. The van der Waals surface area contributed by atoms with Gasteiger partial charge in [-0.2, -0.15) is 0 Å². The number of aromatic amines is 1. The lowest BCUT2D eigenvalue weighted by Crippen LogP contribution is -2.46. The lowest BCUT2D eigenvalue weighted by atomic mass is 9.76. The Morgan fingerprint density at radius 1 is 1.31 bits per heavy atom. The molecule has 3 heterocycles. The predicted octanol–water partition coefficient (Wildman–Crippen LogP) is 2.86. The van der Waals surface area contributed by atoms with Crippen LogP contribution in [-0.2, 0) is 17.6 Å². The molecule has 1 saturated heterocycles. The molecule has 138 valence electrons. The van der Waals surface area contributed by atoms with Crippen molar-refractivity contribution in [1.29, 1.82) is 0 Å². The second kappa shape index (κ2) is 6.67. The number of hydrogen-bond acceptors (Lipinski definition) is 4. The van der Waals surface area contributed by atoms with Gasteiger partial charge in [0, 0.05) is 37.8 Å². The van der Waals surface area contributed by atoms with Gasteiger partial charge < -0.3 is 19.4 Å². The van der Waals surface area contributed by atoms with Crippen LogP contribution in [0.1, 0.15) is 36.8 Å². The standard InChI is InChI=1S/C20H25N3O3/c1-14-11-21-18(22-14)6-8-23-12-20(2,7-5-19(23)24)10-15-3-4-16-17(9-15)26-13-25-16/h3-4,9,11H,5-8,10,12-13H2,1-2H3,(H,21,22)/t20-/m0/s1. The molecule has 0 bridgehead atoms. The van der Waals surface area contributed by atoms with Crippen LogP contribution >= 0.6 is 0 Å². The quantitative estimate of drug-likeness (QED) is 0.895. The number of benzene rings is 1. The molecule has 4 rings (SSSR count). The van der Waals surface area contributed by atoms with Gasteiger partial charge in [-0.15, -0.1) is 0 Å². The van der Waals surface area contributed by atoms with Crippen molar-refractivity contribution in [3.63, 3.8) is 0 Å². The van der Waals surface area contributed by atoms with Crippen molar-refractivity contribution in [2.24, 2.45) is 5.41 Å². The van der Waals surface area contributed by atoms with E-state index in [2.05, 4.69) is 29.0 Å². The number of piperidine rings is 1. The molecule has 0 radical (unpaired) electrons. The van der Waals surface area contributed by atoms with Gasteiger partial charge in [0.15, 0.2) is 11.5 Å². The molecular weight excluding hydrogens is 330 g/mol. The zero-order valence-corrected chi connectivity index (χ0v) is 15.4. The first-order valence-corrected chi connectivity index (χ1v) is 9.18. The minimum Gasteiger partial charge on any atom is -0.454 e. The molecule has 26 heavy (non-hydrogen) atoms. The summed E-state index contributed by atoms with van der Waals surface area (Å²) in [5.41, 5.74) is 2.35. The first kappa shape index (κ1) is 16.9. The number of aryl methyl sites for hydroxylation is 1. The van der Waals surface area contributed by atoms with Gasteiger partial charge >= 0.3 is 0 Å². The van der Waals surface area contributed by atoms with Crippen LogP contribution in [-0.4, -0.2) is 40.7 Å². The van der Waals surface area contributed by atoms with E-state index in [1.165, 1.54) is 5.56 Å². The van der Waals surface area contributed by atoms with Crippen LogP contribution in [0.4, 0.5) is 0 Å². The van der Waals surface area contributed by atoms with E-state index in [-0.39, 0.29) is 11.3 Å². The van der Waals surface area contributed by atoms with E-state index < -0.39 is 0 Å². The second-order valence-corrected chi connectivity index (χ2v) is 7.75. The van der Waals surface area contributed by atoms with Crippen molar-refractivity contribution < 1.29 is 14.3 Å². The Balaban J connectivity index is 1.41. The molecule has 6 nitrogen and oxygen atoms in total. The van der Waals surface area contributed by atoms with Gasteiger partial charge in [0.2, 0.25) is 12.7 Å². The average Bonchev–Trinajstić information content (AvgIpc) is 3.24. The number of carbonyl (C=O) groups is 1. The Kier molecular flexibility index (Phi) is 4.34. The summed E-state index contributed by atoms with van der Waals surface area (Å²) in [6.07, 6.45) is 5.04. The summed E-state index contributed by atoms with van der Waals surface area (Å²) in [7, 11) is 0. The number of nitrogens with one attached hydrogen (secondary N) is 1. The van der Waals surface area contributed by atoms with E-state index in [0.717, 1.165) is 48.8 Å². The number of hydrogen-bond donors (Lipinski definition) is 1. The van der Waals surface area contributed by atoms with E-state index in [1.54, 1.807) is 0 Å². The molecule has 1 aromatic heterocycles. The molecule has 2 aromatic rings. The monoisotopic (exact) mass is 355 g/mol. The second-order valence-electron chi connectivity index (χ2n) is 7.75. The zero-order chi connectivity index (χ0) is 18.1. The third-order valence-corrected chi connectivity index (χ3v) is 5.31. The molecule has 2 aliphatic rings. The van der Waals surface area contributed by atoms with Crippen molar-refractivity contribution in [1.82, 2.24) is 14.9 Å². The summed E-state index contributed by atoms with van der Waals surface area (Å²) in [5.74, 6) is 2.82. The van der Waals surface area contributed by atoms with Gasteiger partial charge in [-0.25, -0.2) is 4.98 Å². The summed E-state index contributed by atoms with van der Waals surface area (Å²) in [6.45, 7) is 6.05. The minimum absolute atomic E-state index is 0.0701. The molecule has 0 unspecified atom stereocenters. The molecule has 1 N–H and O–H groups in total. The van der Waals surface area contributed by atoms with Crippen LogP contribution in [0.3, 0.4) is 0 Å². The van der Waals surface area contributed by atoms with E-state index in [1.807, 2.05) is 24.1 Å². The van der Waals surface area contributed by atoms with Gasteiger partial charge in [-0.05, 0) is 42.9 Å². The number of amides is 1. The smallest absolute Gasteiger partial charge is 0.231 e. The molecule has 6 heteroatoms. The predicted molar refractivity (Wildman–Crippen MR) is 97.2 cm³/mol. The summed E-state index contributed by atoms with van der Waals surface area (Å²) >= 11 is 0. The Morgan fingerprint density at radius 2 is 2.15 bits per heavy atom. The van der Waals surface area contributed by atoms with E-state index in [4.69, 9.17) is 9.47 Å². The van der Waals surface area contributed by atoms with Gasteiger partial charge in [0.1, 0.15) is 5.82 Å². The molecule has 0 spiro atoms. The number of H-pyrrole nitrogens is 1. The van der Waals surface area contributed by atoms with E-state index >= 15 is 0 Å². The highest BCUT2D eigenvalue weighted by atomic mass is 16.7. The number of imidazole rings is 1. The van der Waals surface area contributed by atoms with Crippen molar-refractivity contribution in [3.05, 3.63) is 41.5 Å². The van der Waals surface area contributed by atoms with Gasteiger partial charge in [0.25, 0.3) is 0 Å². The molecule has 2 aliphatic heterocycles. The van der Waals surface area contributed by atoms with Gasteiger partial charge in [-0.1, -0.05) is 13.0 Å². The number of rotatable bonds is 5. The fraction of sp³-hybridized carbons (Fsp3) is 0.500. The van der Waals surface area contributed by atoms with E-state index in [9.17, 15) is 4.79 Å². The summed E-state index contributed by atoms with van der Waals surface area (Å²) < 4.78 is 10.9. The van der Waals surface area contributed by atoms with Crippen LogP contribution in [0.5, 0.6) is 11.5 Å². The number of ether oxygens (including phenoxy) is 2.